The lowest BCUT2D eigenvalue weighted by Crippen LogP contribution is -2.75. The minimum Gasteiger partial charge on any atom is -0.465 e. The molecule has 1 amide bonds. The molecule has 0 unspecified atom stereocenters. The molecule has 1 aliphatic rings. The Morgan fingerprint density at radius 3 is 2.15 bits per heavy atom. The molecule has 0 bridgehead atoms. The molecule has 1 heterocycles. The molecule has 2 atom stereocenters. The maximum atomic E-state index is 10.8. The number of carboxylic acid groups (broad SMARTS) is 1. The summed E-state index contributed by atoms with van der Waals surface area (Å²) >= 11 is 0. The van der Waals surface area contributed by atoms with E-state index in [9.17, 15) is 9.90 Å². The molecule has 0 aromatic carbocycles. The maximum absolute atomic E-state index is 10.8. The third kappa shape index (κ3) is 1.20. The summed E-state index contributed by atoms with van der Waals surface area (Å²) in [4.78, 5) is 12.1. The smallest absolute Gasteiger partial charge is 0.407 e. The van der Waals surface area contributed by atoms with Crippen molar-refractivity contribution in [3.63, 3.8) is 0 Å². The van der Waals surface area contributed by atoms with E-state index in [0.29, 0.717) is 0 Å². The number of hydrogen-bond acceptors (Lipinski definition) is 2. The van der Waals surface area contributed by atoms with Crippen LogP contribution < -0.4 is 0 Å². The van der Waals surface area contributed by atoms with Crippen molar-refractivity contribution in [2.24, 2.45) is 5.41 Å². The molecule has 0 saturated carbocycles. The number of β-amino-alcohol motifs (C(OH)–C–C–N with tert-alkyl or cyclic N) is 1. The second-order valence-electron chi connectivity index (χ2n) is 4.81. The second kappa shape index (κ2) is 2.61. The van der Waals surface area contributed by atoms with E-state index in [4.69, 9.17) is 5.11 Å². The highest BCUT2D eigenvalue weighted by Gasteiger charge is 2.58. The van der Waals surface area contributed by atoms with E-state index in [1.807, 2.05) is 20.8 Å². The van der Waals surface area contributed by atoms with Gasteiger partial charge in [0.1, 0.15) is 0 Å². The van der Waals surface area contributed by atoms with E-state index in [-0.39, 0.29) is 12.0 Å². The fraction of sp³-hybridized carbons (Fsp3) is 0.889. The van der Waals surface area contributed by atoms with Crippen molar-refractivity contribution < 1.29 is 15.0 Å². The van der Waals surface area contributed by atoms with Crippen LogP contribution in [-0.4, -0.2) is 39.4 Å². The topological polar surface area (TPSA) is 60.8 Å². The molecule has 0 spiro atoms. The van der Waals surface area contributed by atoms with Crippen molar-refractivity contribution in [1.82, 2.24) is 4.90 Å². The molecule has 0 aromatic heterocycles. The molecular weight excluding hydrogens is 170 g/mol. The van der Waals surface area contributed by atoms with Crippen LogP contribution in [0, 0.1) is 5.41 Å². The Morgan fingerprint density at radius 1 is 1.54 bits per heavy atom. The molecule has 0 aromatic rings. The fourth-order valence-electron chi connectivity index (χ4n) is 1.79. The monoisotopic (exact) mass is 187 g/mol. The molecular formula is C9H17NO3. The lowest BCUT2D eigenvalue weighted by atomic mass is 9.65. The zero-order chi connectivity index (χ0) is 10.4. The first kappa shape index (κ1) is 10.3. The fourth-order valence-corrected chi connectivity index (χ4v) is 1.79. The van der Waals surface area contributed by atoms with Crippen molar-refractivity contribution in [1.29, 1.82) is 0 Å². The van der Waals surface area contributed by atoms with Crippen molar-refractivity contribution in [3.8, 4) is 0 Å². The number of amides is 1. The van der Waals surface area contributed by atoms with Crippen LogP contribution in [0.3, 0.4) is 0 Å². The van der Waals surface area contributed by atoms with Crippen LogP contribution in [0.4, 0.5) is 4.79 Å². The number of aliphatic hydroxyl groups excluding tert-OH is 1. The SMILES string of the molecule is CC(C)(C)[C@]1(C)[C@@H](O)CN1C(=O)O. The molecule has 0 radical (unpaired) electrons. The molecule has 1 rings (SSSR count). The Kier molecular flexibility index (Phi) is 2.07. The van der Waals surface area contributed by atoms with E-state index in [2.05, 4.69) is 0 Å². The number of carbonyl (C=O) groups is 1. The highest BCUT2D eigenvalue weighted by Crippen LogP contribution is 2.44. The van der Waals surface area contributed by atoms with Gasteiger partial charge in [0, 0.05) is 0 Å². The van der Waals surface area contributed by atoms with Gasteiger partial charge in [0.05, 0.1) is 18.2 Å². The summed E-state index contributed by atoms with van der Waals surface area (Å²) in [5, 5.41) is 18.5. The molecule has 1 aliphatic heterocycles. The van der Waals surface area contributed by atoms with Crippen LogP contribution in [-0.2, 0) is 0 Å². The van der Waals surface area contributed by atoms with Gasteiger partial charge in [0.25, 0.3) is 0 Å². The Balaban J connectivity index is 2.93. The molecule has 1 fully saturated rings. The van der Waals surface area contributed by atoms with Crippen LogP contribution in [0.15, 0.2) is 0 Å². The van der Waals surface area contributed by atoms with Crippen LogP contribution in [0.5, 0.6) is 0 Å². The highest BCUT2D eigenvalue weighted by atomic mass is 16.4. The van der Waals surface area contributed by atoms with E-state index in [0.717, 1.165) is 0 Å². The van der Waals surface area contributed by atoms with Gasteiger partial charge in [-0.1, -0.05) is 20.8 Å². The quantitative estimate of drug-likeness (QED) is 0.598. The highest BCUT2D eigenvalue weighted by molar-refractivity contribution is 5.68. The van der Waals surface area contributed by atoms with Gasteiger partial charge in [-0.2, -0.15) is 0 Å². The van der Waals surface area contributed by atoms with E-state index < -0.39 is 17.7 Å². The minimum atomic E-state index is -0.956. The summed E-state index contributed by atoms with van der Waals surface area (Å²) in [6.07, 6.45) is -1.51. The minimum absolute atomic E-state index is 0.225. The number of hydrogen-bond donors (Lipinski definition) is 2. The first-order valence-corrected chi connectivity index (χ1v) is 4.40. The van der Waals surface area contributed by atoms with E-state index in [1.54, 1.807) is 6.92 Å². The normalized spacial score (nSPS) is 34.2. The molecule has 13 heavy (non-hydrogen) atoms. The van der Waals surface area contributed by atoms with Crippen LogP contribution in [0.1, 0.15) is 27.7 Å². The van der Waals surface area contributed by atoms with Crippen molar-refractivity contribution in [2.75, 3.05) is 6.54 Å². The van der Waals surface area contributed by atoms with Gasteiger partial charge in [0.15, 0.2) is 0 Å². The summed E-state index contributed by atoms with van der Waals surface area (Å²) < 4.78 is 0. The van der Waals surface area contributed by atoms with Gasteiger partial charge in [-0.05, 0) is 12.3 Å². The average molecular weight is 187 g/mol. The standard InChI is InChI=1S/C9H17NO3/c1-8(2,3)9(4)6(11)5-10(9)7(12)13/h6,11H,5H2,1-4H3,(H,12,13)/t6-,9-/m0/s1. The molecule has 4 heteroatoms. The zero-order valence-electron chi connectivity index (χ0n) is 8.53. The third-order valence-electron chi connectivity index (χ3n) is 3.31. The van der Waals surface area contributed by atoms with Crippen molar-refractivity contribution in [2.45, 2.75) is 39.3 Å². The van der Waals surface area contributed by atoms with Gasteiger partial charge in [-0.25, -0.2) is 4.79 Å². The number of aliphatic hydroxyl groups is 1. The summed E-state index contributed by atoms with van der Waals surface area (Å²) in [6, 6.07) is 0. The van der Waals surface area contributed by atoms with Crippen LogP contribution >= 0.6 is 0 Å². The predicted molar refractivity (Wildman–Crippen MR) is 48.6 cm³/mol. The molecule has 76 valence electrons. The second-order valence-corrected chi connectivity index (χ2v) is 4.81. The van der Waals surface area contributed by atoms with Gasteiger partial charge >= 0.3 is 6.09 Å². The number of rotatable bonds is 0. The van der Waals surface area contributed by atoms with Crippen LogP contribution in [0.2, 0.25) is 0 Å². The molecule has 4 nitrogen and oxygen atoms in total. The molecule has 1 saturated heterocycles. The summed E-state index contributed by atoms with van der Waals surface area (Å²) in [5.74, 6) is 0. The summed E-state index contributed by atoms with van der Waals surface area (Å²) in [6.45, 7) is 7.82. The average Bonchev–Trinajstić information content (AvgIpc) is 1.95. The first-order chi connectivity index (χ1) is 5.71. The number of nitrogens with zero attached hydrogens (tertiary/aromatic N) is 1. The lowest BCUT2D eigenvalue weighted by molar-refractivity contribution is -0.159. The Bertz CT molecular complexity index is 234. The summed E-state index contributed by atoms with van der Waals surface area (Å²) in [7, 11) is 0. The van der Waals surface area contributed by atoms with E-state index in [1.165, 1.54) is 4.90 Å². The predicted octanol–water partition coefficient (Wildman–Crippen LogP) is 1.15. The van der Waals surface area contributed by atoms with Gasteiger partial charge in [-0.3, -0.25) is 4.90 Å². The molecule has 0 aliphatic carbocycles. The third-order valence-corrected chi connectivity index (χ3v) is 3.31. The Hall–Kier alpha value is -0.770. The lowest BCUT2D eigenvalue weighted by Gasteiger charge is -2.59. The maximum Gasteiger partial charge on any atom is 0.407 e. The summed E-state index contributed by atoms with van der Waals surface area (Å²) in [5.41, 5.74) is -0.901. The van der Waals surface area contributed by atoms with Gasteiger partial charge < -0.3 is 10.2 Å². The first-order valence-electron chi connectivity index (χ1n) is 4.40. The van der Waals surface area contributed by atoms with E-state index >= 15 is 0 Å². The zero-order valence-corrected chi connectivity index (χ0v) is 8.53. The number of likely N-dealkylation sites (tertiary alicyclic amines) is 1. The Labute approximate surface area is 78.2 Å². The van der Waals surface area contributed by atoms with Crippen LogP contribution in [0.25, 0.3) is 0 Å². The molecule has 2 N–H and O–H groups in total. The largest absolute Gasteiger partial charge is 0.465 e. The van der Waals surface area contributed by atoms with Gasteiger partial charge in [-0.15, -0.1) is 0 Å². The Morgan fingerprint density at radius 2 is 2.00 bits per heavy atom. The van der Waals surface area contributed by atoms with Crippen molar-refractivity contribution >= 4 is 6.09 Å². The van der Waals surface area contributed by atoms with Crippen molar-refractivity contribution in [3.05, 3.63) is 0 Å². The van der Waals surface area contributed by atoms with Gasteiger partial charge in [0.2, 0.25) is 0 Å².